The van der Waals surface area contributed by atoms with Gasteiger partial charge in [0.2, 0.25) is 0 Å². The summed E-state index contributed by atoms with van der Waals surface area (Å²) in [4.78, 5) is 0. The van der Waals surface area contributed by atoms with E-state index in [1.54, 1.807) is 0 Å². The molecule has 5 atom stereocenters. The lowest BCUT2D eigenvalue weighted by Crippen LogP contribution is -2.58. The van der Waals surface area contributed by atoms with Gasteiger partial charge in [0.05, 0.1) is 6.61 Å². The summed E-state index contributed by atoms with van der Waals surface area (Å²) in [7, 11) is 0. The van der Waals surface area contributed by atoms with Crippen molar-refractivity contribution in [3.05, 3.63) is 0 Å². The molecule has 78 valence electrons. The van der Waals surface area contributed by atoms with Crippen LogP contribution in [-0.4, -0.2) is 57.7 Å². The highest BCUT2D eigenvalue weighted by molar-refractivity contribution is 14.1. The normalized spacial score (nSPS) is 46.4. The van der Waals surface area contributed by atoms with E-state index in [4.69, 9.17) is 9.84 Å². The number of rotatable bonds is 2. The maximum atomic E-state index is 9.27. The zero-order chi connectivity index (χ0) is 10.0. The minimum Gasteiger partial charge on any atom is -0.394 e. The van der Waals surface area contributed by atoms with Crippen molar-refractivity contribution in [2.75, 3.05) is 6.61 Å². The summed E-state index contributed by atoms with van der Waals surface area (Å²) in [5.74, 6) is 0. The maximum absolute atomic E-state index is 9.27. The second-order valence-corrected chi connectivity index (χ2v) is 3.29. The Labute approximate surface area is 88.8 Å². The lowest BCUT2D eigenvalue weighted by Gasteiger charge is -2.38. The summed E-state index contributed by atoms with van der Waals surface area (Å²) < 4.78 is 9.61. The predicted molar refractivity (Wildman–Crippen MR) is 48.9 cm³/mol. The van der Waals surface area contributed by atoms with Crippen LogP contribution < -0.4 is 0 Å². The maximum Gasteiger partial charge on any atom is 0.197 e. The van der Waals surface area contributed by atoms with Crippen molar-refractivity contribution in [3.8, 4) is 0 Å². The Morgan fingerprint density at radius 1 is 1.15 bits per heavy atom. The van der Waals surface area contributed by atoms with E-state index in [9.17, 15) is 15.3 Å². The number of aliphatic hydroxyl groups excluding tert-OH is 4. The number of aliphatic hydroxyl groups is 4. The molecule has 1 rings (SSSR count). The molecule has 0 saturated carbocycles. The minimum absolute atomic E-state index is 0.443. The standard InChI is InChI=1S/C6H11IO6/c7-13-6-5(11)4(10)3(9)2(1-8)12-6/h2-6,8-11H,1H2/t2?,3-,4?,5?,6-/m0/s1. The molecule has 1 saturated heterocycles. The van der Waals surface area contributed by atoms with Crippen LogP contribution in [0.25, 0.3) is 0 Å². The summed E-state index contributed by atoms with van der Waals surface area (Å²) in [5.41, 5.74) is 0. The third kappa shape index (κ3) is 2.29. The monoisotopic (exact) mass is 306 g/mol. The van der Waals surface area contributed by atoms with Gasteiger partial charge in [0, 0.05) is 0 Å². The van der Waals surface area contributed by atoms with E-state index in [1.807, 2.05) is 0 Å². The zero-order valence-electron chi connectivity index (χ0n) is 6.58. The number of hydrogen-bond donors (Lipinski definition) is 4. The highest BCUT2D eigenvalue weighted by atomic mass is 127. The fourth-order valence-corrected chi connectivity index (χ4v) is 1.56. The Bertz CT molecular complexity index is 147. The van der Waals surface area contributed by atoms with Crippen LogP contribution in [-0.2, 0) is 7.80 Å². The summed E-state index contributed by atoms with van der Waals surface area (Å²) in [6.07, 6.45) is -5.95. The Balaban J connectivity index is 2.66. The van der Waals surface area contributed by atoms with Gasteiger partial charge in [-0.3, -0.25) is 3.07 Å². The number of halogens is 1. The topological polar surface area (TPSA) is 99.4 Å². The summed E-state index contributed by atoms with van der Waals surface area (Å²) in [5, 5.41) is 36.6. The molecule has 3 unspecified atom stereocenters. The molecule has 0 aromatic heterocycles. The third-order valence-corrected chi connectivity index (χ3v) is 2.44. The average molecular weight is 306 g/mol. The Hall–Kier alpha value is 0.490. The van der Waals surface area contributed by atoms with E-state index in [1.165, 1.54) is 23.0 Å². The van der Waals surface area contributed by atoms with Gasteiger partial charge in [-0.2, -0.15) is 0 Å². The highest BCUT2D eigenvalue weighted by Gasteiger charge is 2.43. The SMILES string of the molecule is OCC1O[C@@H](OI)C(O)C(O)[C@H]1O. The van der Waals surface area contributed by atoms with Crippen molar-refractivity contribution < 1.29 is 28.2 Å². The quantitative estimate of drug-likeness (QED) is 0.447. The molecule has 6 nitrogen and oxygen atoms in total. The van der Waals surface area contributed by atoms with Crippen LogP contribution in [0.5, 0.6) is 0 Å². The predicted octanol–water partition coefficient (Wildman–Crippen LogP) is -1.85. The van der Waals surface area contributed by atoms with Crippen molar-refractivity contribution in [2.45, 2.75) is 30.7 Å². The molecule has 0 aromatic carbocycles. The zero-order valence-corrected chi connectivity index (χ0v) is 8.73. The first-order chi connectivity index (χ1) is 6.11. The van der Waals surface area contributed by atoms with Gasteiger partial charge < -0.3 is 25.2 Å². The van der Waals surface area contributed by atoms with Gasteiger partial charge in [-0.1, -0.05) is 0 Å². The average Bonchev–Trinajstić information content (AvgIpc) is 2.15. The molecular formula is C6H11IO6. The van der Waals surface area contributed by atoms with Crippen molar-refractivity contribution >= 4 is 23.0 Å². The smallest absolute Gasteiger partial charge is 0.197 e. The highest BCUT2D eigenvalue weighted by Crippen LogP contribution is 2.22. The first-order valence-corrected chi connectivity index (χ1v) is 4.57. The molecule has 4 N–H and O–H groups in total. The molecule has 7 heteroatoms. The Morgan fingerprint density at radius 2 is 1.77 bits per heavy atom. The molecule has 0 aliphatic carbocycles. The van der Waals surface area contributed by atoms with E-state index in [-0.39, 0.29) is 0 Å². The first-order valence-electron chi connectivity index (χ1n) is 3.69. The van der Waals surface area contributed by atoms with E-state index in [0.29, 0.717) is 0 Å². The van der Waals surface area contributed by atoms with Crippen molar-refractivity contribution in [1.82, 2.24) is 0 Å². The lowest BCUT2D eigenvalue weighted by atomic mass is 10.00. The van der Waals surface area contributed by atoms with Gasteiger partial charge in [-0.15, -0.1) is 0 Å². The van der Waals surface area contributed by atoms with Gasteiger partial charge >= 0.3 is 0 Å². The molecule has 1 fully saturated rings. The van der Waals surface area contributed by atoms with Crippen LogP contribution in [0.2, 0.25) is 0 Å². The summed E-state index contributed by atoms with van der Waals surface area (Å²) in [6.45, 7) is -0.443. The molecule has 1 aliphatic rings. The van der Waals surface area contributed by atoms with Crippen molar-refractivity contribution in [3.63, 3.8) is 0 Å². The van der Waals surface area contributed by atoms with E-state index in [2.05, 4.69) is 3.07 Å². The van der Waals surface area contributed by atoms with E-state index in [0.717, 1.165) is 0 Å². The molecule has 0 amide bonds. The molecule has 13 heavy (non-hydrogen) atoms. The fraction of sp³-hybridized carbons (Fsp3) is 1.00. The van der Waals surface area contributed by atoms with Gasteiger partial charge in [-0.05, 0) is 0 Å². The first kappa shape index (κ1) is 11.6. The summed E-state index contributed by atoms with van der Waals surface area (Å²) in [6, 6.07) is 0. The van der Waals surface area contributed by atoms with Crippen LogP contribution in [0.1, 0.15) is 0 Å². The summed E-state index contributed by atoms with van der Waals surface area (Å²) >= 11 is 1.51. The number of ether oxygens (including phenoxy) is 1. The third-order valence-electron chi connectivity index (χ3n) is 1.94. The van der Waals surface area contributed by atoms with E-state index >= 15 is 0 Å². The minimum atomic E-state index is -1.37. The molecule has 0 radical (unpaired) electrons. The molecular weight excluding hydrogens is 295 g/mol. The van der Waals surface area contributed by atoms with Crippen LogP contribution >= 0.6 is 23.0 Å². The molecule has 0 aromatic rings. The van der Waals surface area contributed by atoms with Gasteiger partial charge in [0.15, 0.2) is 6.29 Å². The molecule has 1 aliphatic heterocycles. The van der Waals surface area contributed by atoms with Gasteiger partial charge in [0.1, 0.15) is 47.4 Å². The fourth-order valence-electron chi connectivity index (χ4n) is 1.14. The number of hydrogen-bond acceptors (Lipinski definition) is 6. The van der Waals surface area contributed by atoms with Crippen LogP contribution in [0, 0.1) is 0 Å². The van der Waals surface area contributed by atoms with Crippen LogP contribution in [0.4, 0.5) is 0 Å². The van der Waals surface area contributed by atoms with Crippen LogP contribution in [0.3, 0.4) is 0 Å². The van der Waals surface area contributed by atoms with Gasteiger partial charge in [0.25, 0.3) is 0 Å². The largest absolute Gasteiger partial charge is 0.394 e. The van der Waals surface area contributed by atoms with Crippen molar-refractivity contribution in [1.29, 1.82) is 0 Å². The Morgan fingerprint density at radius 3 is 2.23 bits per heavy atom. The molecule has 0 bridgehead atoms. The second kappa shape index (κ2) is 4.82. The second-order valence-electron chi connectivity index (χ2n) is 2.79. The molecule has 0 spiro atoms. The lowest BCUT2D eigenvalue weighted by molar-refractivity contribution is -0.269. The van der Waals surface area contributed by atoms with Crippen LogP contribution in [0.15, 0.2) is 0 Å². The van der Waals surface area contributed by atoms with Gasteiger partial charge in [-0.25, -0.2) is 0 Å². The Kier molecular flexibility index (Phi) is 4.29. The molecule has 1 heterocycles. The van der Waals surface area contributed by atoms with E-state index < -0.39 is 37.3 Å². The van der Waals surface area contributed by atoms with Crippen molar-refractivity contribution in [2.24, 2.45) is 0 Å².